The molecule has 0 unspecified atom stereocenters. The van der Waals surface area contributed by atoms with Gasteiger partial charge in [0.05, 0.1) is 8.47 Å². The van der Waals surface area contributed by atoms with Gasteiger partial charge in [-0.05, 0) is 16.2 Å². The van der Waals surface area contributed by atoms with Crippen molar-refractivity contribution >= 4 is 59.7 Å². The van der Waals surface area contributed by atoms with Crippen LogP contribution in [0.5, 0.6) is 0 Å². The Morgan fingerprint density at radius 3 is 2.17 bits per heavy atom. The van der Waals surface area contributed by atoms with Crippen LogP contribution in [0.2, 0.25) is 0 Å². The zero-order valence-electron chi connectivity index (χ0n) is 6.27. The monoisotopic (exact) mass is 258 g/mol. The molecule has 12 heavy (non-hydrogen) atoms. The third-order valence-corrected chi connectivity index (χ3v) is 6.36. The maximum absolute atomic E-state index is 5.05. The van der Waals surface area contributed by atoms with Crippen LogP contribution < -0.4 is 29.6 Å². The smallest absolute Gasteiger partial charge is 0.772 e. The standard InChI is InChI=1S/C6H4S5.Na/c7-4-3-10-6(11-4)5-8-1-2-9-5;/h1-3,7H;/q;+1/p-1. The Morgan fingerprint density at radius 2 is 1.67 bits per heavy atom. The SMILES string of the molecule is [Na+].[S-]C1=CSC(=C2SC=CS2)S1. The molecule has 0 saturated heterocycles. The van der Waals surface area contributed by atoms with Crippen molar-refractivity contribution in [2.24, 2.45) is 0 Å². The van der Waals surface area contributed by atoms with E-state index in [4.69, 9.17) is 12.6 Å². The van der Waals surface area contributed by atoms with Crippen LogP contribution in [0.3, 0.4) is 0 Å². The van der Waals surface area contributed by atoms with Crippen LogP contribution in [0, 0.1) is 0 Å². The maximum atomic E-state index is 5.05. The second-order valence-electron chi connectivity index (χ2n) is 1.74. The molecule has 0 radical (unpaired) electrons. The summed E-state index contributed by atoms with van der Waals surface area (Å²) in [6.07, 6.45) is 0. The Bertz CT molecular complexity index is 257. The van der Waals surface area contributed by atoms with E-state index in [1.54, 1.807) is 47.0 Å². The Hall–Kier alpha value is 1.84. The van der Waals surface area contributed by atoms with Crippen molar-refractivity contribution in [1.29, 1.82) is 0 Å². The van der Waals surface area contributed by atoms with Gasteiger partial charge in [0.15, 0.2) is 0 Å². The molecule has 58 valence electrons. The van der Waals surface area contributed by atoms with Crippen LogP contribution in [0.1, 0.15) is 0 Å². The number of hydrogen-bond acceptors (Lipinski definition) is 5. The third kappa shape index (κ3) is 2.92. The molecule has 0 spiro atoms. The second kappa shape index (κ2) is 5.66. The molecule has 2 rings (SSSR count). The first-order chi connectivity index (χ1) is 5.36. The minimum atomic E-state index is 0. The normalized spacial score (nSPS) is 21.2. The average Bonchev–Trinajstić information content (AvgIpc) is 2.55. The summed E-state index contributed by atoms with van der Waals surface area (Å²) in [5, 5.41) is 6.24. The van der Waals surface area contributed by atoms with Gasteiger partial charge in [-0.1, -0.05) is 35.3 Å². The van der Waals surface area contributed by atoms with Gasteiger partial charge >= 0.3 is 29.6 Å². The molecule has 6 heteroatoms. The van der Waals surface area contributed by atoms with Gasteiger partial charge in [-0.25, -0.2) is 0 Å². The molecule has 2 aliphatic heterocycles. The van der Waals surface area contributed by atoms with Crippen LogP contribution in [0.4, 0.5) is 0 Å². The summed E-state index contributed by atoms with van der Waals surface area (Å²) in [6, 6.07) is 0. The minimum Gasteiger partial charge on any atom is -0.772 e. The van der Waals surface area contributed by atoms with E-state index in [0.29, 0.717) is 0 Å². The third-order valence-electron chi connectivity index (χ3n) is 1.03. The van der Waals surface area contributed by atoms with Gasteiger partial charge in [-0.3, -0.25) is 0 Å². The number of rotatable bonds is 0. The molecular weight excluding hydrogens is 255 g/mol. The minimum absolute atomic E-state index is 0. The van der Waals surface area contributed by atoms with E-state index in [1.165, 1.54) is 8.47 Å². The zero-order valence-corrected chi connectivity index (χ0v) is 12.4. The van der Waals surface area contributed by atoms with E-state index >= 15 is 0 Å². The summed E-state index contributed by atoms with van der Waals surface area (Å²) in [5.74, 6) is 0. The molecule has 0 aliphatic carbocycles. The Morgan fingerprint density at radius 1 is 1.00 bits per heavy atom. The summed E-state index contributed by atoms with van der Waals surface area (Å²) in [5.41, 5.74) is 0. The van der Waals surface area contributed by atoms with E-state index < -0.39 is 0 Å². The van der Waals surface area contributed by atoms with Crippen LogP contribution >= 0.6 is 47.0 Å². The fraction of sp³-hybridized carbons (Fsp3) is 0. The van der Waals surface area contributed by atoms with Gasteiger partial charge in [-0.15, -0.1) is 16.0 Å². The molecule has 0 amide bonds. The van der Waals surface area contributed by atoms with Crippen molar-refractivity contribution in [3.63, 3.8) is 0 Å². The van der Waals surface area contributed by atoms with Gasteiger partial charge in [0, 0.05) is 0 Å². The van der Waals surface area contributed by atoms with Gasteiger partial charge in [0.2, 0.25) is 0 Å². The summed E-state index contributed by atoms with van der Waals surface area (Å²) in [7, 11) is 0. The van der Waals surface area contributed by atoms with Crippen LogP contribution in [-0.2, 0) is 12.6 Å². The molecule has 0 aromatic rings. The molecule has 2 heterocycles. The predicted octanol–water partition coefficient (Wildman–Crippen LogP) is 0.894. The van der Waals surface area contributed by atoms with E-state index in [9.17, 15) is 0 Å². The zero-order chi connectivity index (χ0) is 7.68. The topological polar surface area (TPSA) is 0 Å². The first-order valence-electron chi connectivity index (χ1n) is 2.80. The largest absolute Gasteiger partial charge is 1.00 e. The second-order valence-corrected chi connectivity index (χ2v) is 6.72. The summed E-state index contributed by atoms with van der Waals surface area (Å²) in [6.45, 7) is 0. The molecule has 2 aliphatic rings. The van der Waals surface area contributed by atoms with E-state index in [-0.39, 0.29) is 29.6 Å². The molecular formula is C6H3NaS5. The number of thioether (sulfide) groups is 4. The van der Waals surface area contributed by atoms with Crippen LogP contribution in [0.15, 0.2) is 28.9 Å². The fourth-order valence-corrected chi connectivity index (χ4v) is 5.25. The van der Waals surface area contributed by atoms with Gasteiger partial charge in [0.1, 0.15) is 0 Å². The van der Waals surface area contributed by atoms with Crippen molar-refractivity contribution in [3.05, 3.63) is 28.9 Å². The summed E-state index contributed by atoms with van der Waals surface area (Å²) in [4.78, 5) is 0. The van der Waals surface area contributed by atoms with Crippen molar-refractivity contribution < 1.29 is 29.6 Å². The maximum Gasteiger partial charge on any atom is 1.00 e. The van der Waals surface area contributed by atoms with Crippen LogP contribution in [0.25, 0.3) is 0 Å². The van der Waals surface area contributed by atoms with E-state index in [2.05, 4.69) is 10.8 Å². The Balaban J connectivity index is 0.000000720. The molecule has 0 bridgehead atoms. The molecule has 0 saturated carbocycles. The van der Waals surface area contributed by atoms with Gasteiger partial charge < -0.3 is 12.6 Å². The van der Waals surface area contributed by atoms with Crippen molar-refractivity contribution in [1.82, 2.24) is 0 Å². The van der Waals surface area contributed by atoms with Crippen molar-refractivity contribution in [2.45, 2.75) is 0 Å². The predicted molar refractivity (Wildman–Crippen MR) is 62.0 cm³/mol. The molecule has 0 atom stereocenters. The molecule has 0 aromatic carbocycles. The molecule has 0 aromatic heterocycles. The average molecular weight is 258 g/mol. The molecule has 0 fully saturated rings. The van der Waals surface area contributed by atoms with E-state index in [1.807, 2.05) is 5.41 Å². The number of hydrogen-bond donors (Lipinski definition) is 0. The summed E-state index contributed by atoms with van der Waals surface area (Å²) < 4.78 is 3.71. The first-order valence-corrected chi connectivity index (χ1v) is 6.67. The van der Waals surface area contributed by atoms with Gasteiger partial charge in [-0.2, -0.15) is 0 Å². The Labute approximate surface area is 117 Å². The Kier molecular flexibility index (Phi) is 5.61. The summed E-state index contributed by atoms with van der Waals surface area (Å²) >= 11 is 12.1. The molecule has 0 N–H and O–H groups in total. The van der Waals surface area contributed by atoms with Crippen LogP contribution in [-0.4, -0.2) is 0 Å². The van der Waals surface area contributed by atoms with Gasteiger partial charge in [0.25, 0.3) is 0 Å². The van der Waals surface area contributed by atoms with Crippen molar-refractivity contribution in [2.75, 3.05) is 0 Å². The van der Waals surface area contributed by atoms with Crippen molar-refractivity contribution in [3.8, 4) is 0 Å². The van der Waals surface area contributed by atoms with E-state index in [0.717, 1.165) is 4.24 Å². The quantitative estimate of drug-likeness (QED) is 0.466. The first kappa shape index (κ1) is 11.9. The fourth-order valence-electron chi connectivity index (χ4n) is 0.634. The molecule has 0 nitrogen and oxygen atoms in total.